The largest absolute Gasteiger partial charge is 0.495 e. The van der Waals surface area contributed by atoms with Crippen molar-refractivity contribution >= 4 is 33.6 Å². The highest BCUT2D eigenvalue weighted by Crippen LogP contribution is 2.40. The predicted molar refractivity (Wildman–Crippen MR) is 95.5 cm³/mol. The predicted octanol–water partition coefficient (Wildman–Crippen LogP) is 3.73. The standard InChI is InChI=1S/C18H13BrN2O4/c1-23-15-5-3-2-4-14(15)21-18(22)12(9-20)6-11-7-13(19)17-16(8-11)24-10-25-17/h2-8H,10H2,1H3,(H,21,22)/b12-6+. The van der Waals surface area contributed by atoms with E-state index >= 15 is 0 Å². The molecule has 0 spiro atoms. The monoisotopic (exact) mass is 400 g/mol. The van der Waals surface area contributed by atoms with E-state index in [0.717, 1.165) is 0 Å². The summed E-state index contributed by atoms with van der Waals surface area (Å²) in [6.07, 6.45) is 1.48. The summed E-state index contributed by atoms with van der Waals surface area (Å²) in [5.74, 6) is 1.15. The number of ether oxygens (including phenoxy) is 3. The molecule has 0 saturated carbocycles. The van der Waals surface area contributed by atoms with Crippen molar-refractivity contribution in [3.05, 3.63) is 52.0 Å². The van der Waals surface area contributed by atoms with Crippen LogP contribution >= 0.6 is 15.9 Å². The van der Waals surface area contributed by atoms with Gasteiger partial charge in [-0.1, -0.05) is 12.1 Å². The zero-order valence-corrected chi connectivity index (χ0v) is 14.8. The van der Waals surface area contributed by atoms with Crippen LogP contribution in [0.4, 0.5) is 5.69 Å². The van der Waals surface area contributed by atoms with Crippen molar-refractivity contribution in [2.45, 2.75) is 0 Å². The average molecular weight is 401 g/mol. The number of nitrogens with zero attached hydrogens (tertiary/aromatic N) is 1. The Morgan fingerprint density at radius 1 is 1.36 bits per heavy atom. The Morgan fingerprint density at radius 2 is 2.16 bits per heavy atom. The van der Waals surface area contributed by atoms with Crippen LogP contribution < -0.4 is 19.5 Å². The quantitative estimate of drug-likeness (QED) is 0.624. The molecule has 25 heavy (non-hydrogen) atoms. The van der Waals surface area contributed by atoms with Crippen LogP contribution in [0.1, 0.15) is 5.56 Å². The molecule has 7 heteroatoms. The van der Waals surface area contributed by atoms with E-state index in [4.69, 9.17) is 14.2 Å². The number of benzene rings is 2. The smallest absolute Gasteiger partial charge is 0.266 e. The maximum Gasteiger partial charge on any atom is 0.266 e. The van der Waals surface area contributed by atoms with Gasteiger partial charge in [0.2, 0.25) is 6.79 Å². The van der Waals surface area contributed by atoms with E-state index < -0.39 is 5.91 Å². The second kappa shape index (κ2) is 7.28. The highest BCUT2D eigenvalue weighted by Gasteiger charge is 2.18. The van der Waals surface area contributed by atoms with E-state index in [-0.39, 0.29) is 12.4 Å². The number of halogens is 1. The number of anilines is 1. The van der Waals surface area contributed by atoms with Crippen LogP contribution in [-0.4, -0.2) is 19.8 Å². The highest BCUT2D eigenvalue weighted by molar-refractivity contribution is 9.10. The molecule has 0 aromatic heterocycles. The Labute approximate surface area is 152 Å². The molecule has 0 bridgehead atoms. The van der Waals surface area contributed by atoms with Gasteiger partial charge in [0.25, 0.3) is 5.91 Å². The number of hydrogen-bond acceptors (Lipinski definition) is 5. The third-order valence-electron chi connectivity index (χ3n) is 3.48. The van der Waals surface area contributed by atoms with Crippen molar-refractivity contribution < 1.29 is 19.0 Å². The van der Waals surface area contributed by atoms with Gasteiger partial charge >= 0.3 is 0 Å². The van der Waals surface area contributed by atoms with Gasteiger partial charge in [-0.3, -0.25) is 4.79 Å². The van der Waals surface area contributed by atoms with Crippen LogP contribution in [0.2, 0.25) is 0 Å². The van der Waals surface area contributed by atoms with E-state index in [0.29, 0.717) is 33.0 Å². The third kappa shape index (κ3) is 3.59. The zero-order valence-electron chi connectivity index (χ0n) is 13.2. The minimum absolute atomic E-state index is 0.0447. The van der Waals surface area contributed by atoms with Crippen LogP contribution in [0.25, 0.3) is 6.08 Å². The van der Waals surface area contributed by atoms with Crippen molar-refractivity contribution in [3.63, 3.8) is 0 Å². The van der Waals surface area contributed by atoms with E-state index in [9.17, 15) is 10.1 Å². The van der Waals surface area contributed by atoms with Gasteiger partial charge in [0, 0.05) is 0 Å². The number of para-hydroxylation sites is 2. The molecule has 0 radical (unpaired) electrons. The number of methoxy groups -OCH3 is 1. The summed E-state index contributed by atoms with van der Waals surface area (Å²) in [5, 5.41) is 12.0. The zero-order chi connectivity index (χ0) is 17.8. The number of amides is 1. The number of carbonyl (C=O) groups is 1. The van der Waals surface area contributed by atoms with E-state index in [1.165, 1.54) is 13.2 Å². The first-order chi connectivity index (χ1) is 12.1. The molecule has 1 N–H and O–H groups in total. The normalized spacial score (nSPS) is 12.4. The fourth-order valence-corrected chi connectivity index (χ4v) is 2.90. The fourth-order valence-electron chi connectivity index (χ4n) is 2.32. The topological polar surface area (TPSA) is 80.6 Å². The number of nitrogens with one attached hydrogen (secondary N) is 1. The summed E-state index contributed by atoms with van der Waals surface area (Å²) in [6.45, 7) is 0.139. The lowest BCUT2D eigenvalue weighted by Crippen LogP contribution is -2.14. The van der Waals surface area contributed by atoms with Gasteiger partial charge in [-0.05, 0) is 51.8 Å². The summed E-state index contributed by atoms with van der Waals surface area (Å²) in [5.41, 5.74) is 1.09. The summed E-state index contributed by atoms with van der Waals surface area (Å²) in [4.78, 5) is 12.4. The van der Waals surface area contributed by atoms with Crippen molar-refractivity contribution in [1.82, 2.24) is 0 Å². The molecule has 0 aliphatic carbocycles. The lowest BCUT2D eigenvalue weighted by atomic mass is 10.1. The Balaban J connectivity index is 1.87. The van der Waals surface area contributed by atoms with Crippen molar-refractivity contribution in [3.8, 4) is 23.3 Å². The summed E-state index contributed by atoms with van der Waals surface area (Å²) < 4.78 is 16.5. The number of fused-ring (bicyclic) bond motifs is 1. The number of rotatable bonds is 4. The molecule has 1 heterocycles. The van der Waals surface area contributed by atoms with Gasteiger partial charge in [-0.25, -0.2) is 0 Å². The van der Waals surface area contributed by atoms with E-state index in [1.807, 2.05) is 6.07 Å². The molecular formula is C18H13BrN2O4. The van der Waals surface area contributed by atoms with Gasteiger partial charge in [0.1, 0.15) is 17.4 Å². The Bertz CT molecular complexity index is 902. The first kappa shape index (κ1) is 16.9. The number of carbonyl (C=O) groups excluding carboxylic acids is 1. The van der Waals surface area contributed by atoms with Crippen molar-refractivity contribution in [1.29, 1.82) is 5.26 Å². The van der Waals surface area contributed by atoms with E-state index in [2.05, 4.69) is 21.2 Å². The lowest BCUT2D eigenvalue weighted by molar-refractivity contribution is -0.112. The van der Waals surface area contributed by atoms with Gasteiger partial charge < -0.3 is 19.5 Å². The maximum absolute atomic E-state index is 12.4. The molecule has 2 aromatic rings. The Hall–Kier alpha value is -2.98. The molecule has 0 fully saturated rings. The molecule has 1 amide bonds. The van der Waals surface area contributed by atoms with Gasteiger partial charge in [-0.15, -0.1) is 0 Å². The average Bonchev–Trinajstić information content (AvgIpc) is 3.09. The summed E-state index contributed by atoms with van der Waals surface area (Å²) in [7, 11) is 1.51. The van der Waals surface area contributed by atoms with Crippen LogP contribution in [-0.2, 0) is 4.79 Å². The van der Waals surface area contributed by atoms with Gasteiger partial charge in [-0.2, -0.15) is 5.26 Å². The first-order valence-corrected chi connectivity index (χ1v) is 8.07. The Morgan fingerprint density at radius 3 is 2.92 bits per heavy atom. The molecular weight excluding hydrogens is 388 g/mol. The van der Waals surface area contributed by atoms with Gasteiger partial charge in [0.15, 0.2) is 11.5 Å². The lowest BCUT2D eigenvalue weighted by Gasteiger charge is -2.09. The second-order valence-electron chi connectivity index (χ2n) is 5.06. The molecule has 1 aliphatic rings. The molecule has 126 valence electrons. The first-order valence-electron chi connectivity index (χ1n) is 7.27. The van der Waals surface area contributed by atoms with Crippen LogP contribution in [0.15, 0.2) is 46.4 Å². The molecule has 0 saturated heterocycles. The maximum atomic E-state index is 12.4. The van der Waals surface area contributed by atoms with Gasteiger partial charge in [0.05, 0.1) is 17.3 Å². The minimum atomic E-state index is -0.527. The van der Waals surface area contributed by atoms with Crippen LogP contribution in [0, 0.1) is 11.3 Å². The van der Waals surface area contributed by atoms with Crippen LogP contribution in [0.3, 0.4) is 0 Å². The minimum Gasteiger partial charge on any atom is -0.495 e. The van der Waals surface area contributed by atoms with Crippen molar-refractivity contribution in [2.24, 2.45) is 0 Å². The van der Waals surface area contributed by atoms with E-state index in [1.54, 1.807) is 36.4 Å². The second-order valence-corrected chi connectivity index (χ2v) is 5.92. The molecule has 0 unspecified atom stereocenters. The summed E-state index contributed by atoms with van der Waals surface area (Å²) >= 11 is 3.39. The summed E-state index contributed by atoms with van der Waals surface area (Å²) in [6, 6.07) is 12.4. The third-order valence-corrected chi connectivity index (χ3v) is 4.07. The van der Waals surface area contributed by atoms with Crippen LogP contribution in [0.5, 0.6) is 17.2 Å². The SMILES string of the molecule is COc1ccccc1NC(=O)/C(C#N)=C/c1cc(Br)c2c(c1)OCO2. The number of hydrogen-bond donors (Lipinski definition) is 1. The highest BCUT2D eigenvalue weighted by atomic mass is 79.9. The molecule has 6 nitrogen and oxygen atoms in total. The molecule has 2 aromatic carbocycles. The molecule has 3 rings (SSSR count). The Kier molecular flexibility index (Phi) is 4.91. The number of nitriles is 1. The fraction of sp³-hybridized carbons (Fsp3) is 0.111. The molecule has 1 aliphatic heterocycles. The van der Waals surface area contributed by atoms with Crippen molar-refractivity contribution in [2.75, 3.05) is 19.2 Å². The molecule has 0 atom stereocenters.